The molecule has 2 rings (SSSR count). The van der Waals surface area contributed by atoms with Gasteiger partial charge in [-0.3, -0.25) is 9.59 Å². The maximum absolute atomic E-state index is 13.5. The minimum Gasteiger partial charge on any atom is -0.494 e. The summed E-state index contributed by atoms with van der Waals surface area (Å²) in [4.78, 5) is 24.8. The van der Waals surface area contributed by atoms with Crippen LogP contribution in [0.1, 0.15) is 22.8 Å². The molecule has 5 nitrogen and oxygen atoms in total. The minimum atomic E-state index is -0.415. The van der Waals surface area contributed by atoms with E-state index in [9.17, 15) is 14.0 Å². The quantitative estimate of drug-likeness (QED) is 0.510. The normalized spacial score (nSPS) is 10.3. The smallest absolute Gasteiger partial charge is 0.251 e. The van der Waals surface area contributed by atoms with Gasteiger partial charge >= 0.3 is 0 Å². The molecular weight excluding hydrogens is 367 g/mol. The Morgan fingerprint density at radius 1 is 1.07 bits per heavy atom. The molecule has 2 N–H and O–H groups in total. The molecule has 2 aromatic rings. The number of amides is 2. The van der Waals surface area contributed by atoms with Gasteiger partial charge in [0.05, 0.1) is 12.4 Å². The van der Waals surface area contributed by atoms with Crippen LogP contribution in [0.3, 0.4) is 0 Å². The number of nitrogens with one attached hydrogen (secondary N) is 2. The Morgan fingerprint density at radius 2 is 1.78 bits per heavy atom. The molecule has 0 saturated heterocycles. The van der Waals surface area contributed by atoms with E-state index in [4.69, 9.17) is 4.74 Å². The van der Waals surface area contributed by atoms with Crippen molar-refractivity contribution in [3.8, 4) is 5.75 Å². The summed E-state index contributed by atoms with van der Waals surface area (Å²) < 4.78 is 18.8. The second-order valence-electron chi connectivity index (χ2n) is 5.76. The first kappa shape index (κ1) is 20.8. The highest BCUT2D eigenvalue weighted by Gasteiger charge is 2.08. The molecule has 0 bridgehead atoms. The van der Waals surface area contributed by atoms with Crippen molar-refractivity contribution in [2.75, 3.05) is 25.4 Å². The highest BCUT2D eigenvalue weighted by atomic mass is 32.2. The predicted octanol–water partition coefficient (Wildman–Crippen LogP) is 3.17. The molecule has 0 aliphatic heterocycles. The van der Waals surface area contributed by atoms with Gasteiger partial charge in [-0.25, -0.2) is 4.39 Å². The molecular formula is C20H23FN2O3S. The van der Waals surface area contributed by atoms with Crippen LogP contribution >= 0.6 is 11.8 Å². The van der Waals surface area contributed by atoms with Gasteiger partial charge < -0.3 is 15.4 Å². The topological polar surface area (TPSA) is 67.4 Å². The van der Waals surface area contributed by atoms with E-state index in [1.807, 2.05) is 31.2 Å². The lowest BCUT2D eigenvalue weighted by Crippen LogP contribution is -2.35. The first-order valence-corrected chi connectivity index (χ1v) is 9.65. The van der Waals surface area contributed by atoms with Gasteiger partial charge in [0, 0.05) is 23.5 Å². The first-order chi connectivity index (χ1) is 13.0. The molecule has 27 heavy (non-hydrogen) atoms. The average Bonchev–Trinajstić information content (AvgIpc) is 2.67. The predicted molar refractivity (Wildman–Crippen MR) is 105 cm³/mol. The van der Waals surface area contributed by atoms with Crippen molar-refractivity contribution < 1.29 is 18.7 Å². The van der Waals surface area contributed by atoms with E-state index in [0.717, 1.165) is 10.6 Å². The number of aryl methyl sites for hydroxylation is 1. The molecule has 7 heteroatoms. The van der Waals surface area contributed by atoms with Gasteiger partial charge in [0.1, 0.15) is 11.6 Å². The number of benzene rings is 2. The van der Waals surface area contributed by atoms with Crippen molar-refractivity contribution in [2.45, 2.75) is 18.7 Å². The number of ether oxygens (including phenoxy) is 1. The number of carbonyl (C=O) groups excluding carboxylic acids is 2. The van der Waals surface area contributed by atoms with E-state index >= 15 is 0 Å². The summed E-state index contributed by atoms with van der Waals surface area (Å²) in [7, 11) is 0. The Hall–Kier alpha value is -2.54. The van der Waals surface area contributed by atoms with E-state index < -0.39 is 5.82 Å². The molecule has 0 aliphatic carbocycles. The van der Waals surface area contributed by atoms with Gasteiger partial charge in [-0.05, 0) is 55.8 Å². The summed E-state index contributed by atoms with van der Waals surface area (Å²) in [5.41, 5.74) is 0.749. The largest absolute Gasteiger partial charge is 0.494 e. The molecule has 0 unspecified atom stereocenters. The van der Waals surface area contributed by atoms with Crippen molar-refractivity contribution in [1.29, 1.82) is 0 Å². The Labute approximate surface area is 162 Å². The summed E-state index contributed by atoms with van der Waals surface area (Å²) in [5.74, 6) is 0.180. The molecule has 0 fully saturated rings. The fourth-order valence-electron chi connectivity index (χ4n) is 2.21. The lowest BCUT2D eigenvalue weighted by Gasteiger charge is -2.08. The Balaban J connectivity index is 1.65. The first-order valence-electron chi connectivity index (χ1n) is 8.66. The Morgan fingerprint density at radius 3 is 2.44 bits per heavy atom. The summed E-state index contributed by atoms with van der Waals surface area (Å²) in [6.45, 7) is 4.76. The molecule has 0 aromatic heterocycles. The third-order valence-electron chi connectivity index (χ3n) is 3.67. The zero-order valence-electron chi connectivity index (χ0n) is 15.4. The maximum atomic E-state index is 13.5. The zero-order valence-corrected chi connectivity index (χ0v) is 16.2. The van der Waals surface area contributed by atoms with Crippen molar-refractivity contribution in [3.05, 3.63) is 59.4 Å². The number of rotatable bonds is 9. The van der Waals surface area contributed by atoms with Gasteiger partial charge in [-0.1, -0.05) is 6.07 Å². The van der Waals surface area contributed by atoms with Crippen LogP contribution in [0.2, 0.25) is 0 Å². The van der Waals surface area contributed by atoms with E-state index in [2.05, 4.69) is 10.6 Å². The van der Waals surface area contributed by atoms with Crippen molar-refractivity contribution in [1.82, 2.24) is 10.6 Å². The number of thioether (sulfide) groups is 1. The second-order valence-corrected chi connectivity index (χ2v) is 6.81. The fourth-order valence-corrected chi connectivity index (χ4v) is 2.94. The summed E-state index contributed by atoms with van der Waals surface area (Å²) in [5, 5.41) is 5.39. The van der Waals surface area contributed by atoms with Crippen LogP contribution in [0.15, 0.2) is 47.4 Å². The molecule has 0 radical (unpaired) electrons. The molecule has 0 aliphatic rings. The highest BCUT2D eigenvalue weighted by molar-refractivity contribution is 8.00. The van der Waals surface area contributed by atoms with Gasteiger partial charge in [-0.2, -0.15) is 0 Å². The van der Waals surface area contributed by atoms with Crippen LogP contribution in [0.25, 0.3) is 0 Å². The Kier molecular flexibility index (Phi) is 8.13. The second kappa shape index (κ2) is 10.6. The van der Waals surface area contributed by atoms with E-state index in [1.54, 1.807) is 19.1 Å². The van der Waals surface area contributed by atoms with Crippen LogP contribution in [0, 0.1) is 12.7 Å². The lowest BCUT2D eigenvalue weighted by atomic mass is 10.1. The monoisotopic (exact) mass is 390 g/mol. The number of carbonyl (C=O) groups is 2. The van der Waals surface area contributed by atoms with Crippen molar-refractivity contribution >= 4 is 23.6 Å². The van der Waals surface area contributed by atoms with Gasteiger partial charge in [0.25, 0.3) is 5.91 Å². The van der Waals surface area contributed by atoms with E-state index in [0.29, 0.717) is 18.7 Å². The highest BCUT2D eigenvalue weighted by Crippen LogP contribution is 2.21. The van der Waals surface area contributed by atoms with Gasteiger partial charge in [0.15, 0.2) is 0 Å². The van der Waals surface area contributed by atoms with Gasteiger partial charge in [0.2, 0.25) is 5.91 Å². The van der Waals surface area contributed by atoms with Gasteiger partial charge in [-0.15, -0.1) is 11.8 Å². The maximum Gasteiger partial charge on any atom is 0.251 e. The van der Waals surface area contributed by atoms with Crippen molar-refractivity contribution in [3.63, 3.8) is 0 Å². The number of hydrogen-bond donors (Lipinski definition) is 2. The zero-order chi connectivity index (χ0) is 19.6. The van der Waals surface area contributed by atoms with Crippen LogP contribution in [0.4, 0.5) is 4.39 Å². The molecule has 2 amide bonds. The van der Waals surface area contributed by atoms with Crippen LogP contribution in [-0.2, 0) is 4.79 Å². The van der Waals surface area contributed by atoms with Crippen LogP contribution in [0.5, 0.6) is 5.75 Å². The molecule has 2 aromatic carbocycles. The van der Waals surface area contributed by atoms with Crippen molar-refractivity contribution in [2.24, 2.45) is 0 Å². The van der Waals surface area contributed by atoms with Crippen LogP contribution in [-0.4, -0.2) is 37.3 Å². The molecule has 0 heterocycles. The fraction of sp³-hybridized carbons (Fsp3) is 0.300. The molecule has 0 atom stereocenters. The minimum absolute atomic E-state index is 0.121. The molecule has 144 valence electrons. The van der Waals surface area contributed by atoms with E-state index in [-0.39, 0.29) is 29.7 Å². The lowest BCUT2D eigenvalue weighted by molar-refractivity contribution is -0.118. The van der Waals surface area contributed by atoms with E-state index in [1.165, 1.54) is 17.8 Å². The molecule has 0 saturated carbocycles. The third-order valence-corrected chi connectivity index (χ3v) is 4.68. The van der Waals surface area contributed by atoms with Crippen LogP contribution < -0.4 is 15.4 Å². The standard InChI is InChI=1S/C20H23FN2O3S/c1-3-26-16-6-8-17(9-7-16)27-13-19(24)22-10-11-23-20(25)15-5-4-14(2)18(21)12-15/h4-9,12H,3,10-11,13H2,1-2H3,(H,22,24)(H,23,25). The summed E-state index contributed by atoms with van der Waals surface area (Å²) in [6, 6.07) is 11.9. The number of hydrogen-bond acceptors (Lipinski definition) is 4. The summed E-state index contributed by atoms with van der Waals surface area (Å²) >= 11 is 1.42. The average molecular weight is 390 g/mol. The molecule has 0 spiro atoms. The third kappa shape index (κ3) is 6.94. The number of halogens is 1. The Bertz CT molecular complexity index is 781. The summed E-state index contributed by atoms with van der Waals surface area (Å²) in [6.07, 6.45) is 0. The SMILES string of the molecule is CCOc1ccc(SCC(=O)NCCNC(=O)c2ccc(C)c(F)c2)cc1.